The molecule has 0 spiro atoms. The number of hydrogen-bond donors (Lipinski definition) is 0. The third-order valence-electron chi connectivity index (χ3n) is 2.41. The molecule has 0 amide bonds. The molecule has 1 aromatic carbocycles. The largest absolute Gasteiger partial charge is 0.361 e. The van der Waals surface area contributed by atoms with Crippen LogP contribution in [0.2, 0.25) is 0 Å². The molecule has 0 aliphatic rings. The maximum absolute atomic E-state index is 13.1. The lowest BCUT2D eigenvalue weighted by molar-refractivity contribution is 0.129. The summed E-state index contributed by atoms with van der Waals surface area (Å²) in [6.45, 7) is 13.1. The molecule has 0 aromatic heterocycles. The van der Waals surface area contributed by atoms with E-state index in [-0.39, 0.29) is 10.8 Å². The molecule has 4 heteroatoms. The summed E-state index contributed by atoms with van der Waals surface area (Å²) in [5.74, 6) is 0. The summed E-state index contributed by atoms with van der Waals surface area (Å²) in [6, 6.07) is 9.19. The van der Waals surface area contributed by atoms with Crippen LogP contribution >= 0.6 is 7.60 Å². The molecule has 0 unspecified atom stereocenters. The topological polar surface area (TPSA) is 35.5 Å². The lowest BCUT2D eigenvalue weighted by Crippen LogP contribution is -2.21. The van der Waals surface area contributed by atoms with Crippen molar-refractivity contribution in [2.45, 2.75) is 41.5 Å². The van der Waals surface area contributed by atoms with Gasteiger partial charge in [0.2, 0.25) is 0 Å². The summed E-state index contributed by atoms with van der Waals surface area (Å²) in [5, 5.41) is 0.619. The fraction of sp³-hybridized carbons (Fsp3) is 0.625. The summed E-state index contributed by atoms with van der Waals surface area (Å²) < 4.78 is 24.5. The van der Waals surface area contributed by atoms with Gasteiger partial charge in [-0.3, -0.25) is 4.57 Å². The van der Waals surface area contributed by atoms with Gasteiger partial charge >= 0.3 is 7.60 Å². The Morgan fingerprint density at radius 2 is 1.25 bits per heavy atom. The zero-order valence-electron chi connectivity index (χ0n) is 13.5. The van der Waals surface area contributed by atoms with Gasteiger partial charge in [0.15, 0.2) is 0 Å². The molecule has 0 fully saturated rings. The van der Waals surface area contributed by atoms with Crippen LogP contribution in [0.15, 0.2) is 30.3 Å². The molecular weight excluding hydrogens is 271 g/mol. The van der Waals surface area contributed by atoms with E-state index in [1.807, 2.05) is 59.7 Å². The summed E-state index contributed by atoms with van der Waals surface area (Å²) in [4.78, 5) is 0. The average molecular weight is 298 g/mol. The molecule has 0 aliphatic carbocycles. The third kappa shape index (κ3) is 6.21. The fourth-order valence-corrected chi connectivity index (χ4v) is 3.38. The predicted molar refractivity (Wildman–Crippen MR) is 84.5 cm³/mol. The highest BCUT2D eigenvalue weighted by Gasteiger charge is 2.31. The zero-order chi connectivity index (χ0) is 15.4. The van der Waals surface area contributed by atoms with E-state index in [0.29, 0.717) is 18.5 Å². The van der Waals surface area contributed by atoms with Crippen LogP contribution in [0.3, 0.4) is 0 Å². The van der Waals surface area contributed by atoms with Crippen LogP contribution in [0.25, 0.3) is 0 Å². The van der Waals surface area contributed by atoms with Gasteiger partial charge in [0.05, 0.1) is 18.5 Å². The molecule has 0 aliphatic heterocycles. The van der Waals surface area contributed by atoms with Gasteiger partial charge in [-0.15, -0.1) is 0 Å². The van der Waals surface area contributed by atoms with Crippen molar-refractivity contribution in [1.29, 1.82) is 0 Å². The predicted octanol–water partition coefficient (Wildman–Crippen LogP) is 4.63. The minimum absolute atomic E-state index is 0.0600. The first-order chi connectivity index (χ1) is 9.02. The Hall–Kier alpha value is -0.630. The van der Waals surface area contributed by atoms with Crippen LogP contribution in [-0.2, 0) is 13.6 Å². The van der Waals surface area contributed by atoms with Crippen LogP contribution in [0, 0.1) is 10.8 Å². The van der Waals surface area contributed by atoms with Gasteiger partial charge in [0.1, 0.15) is 0 Å². The molecule has 0 bridgehead atoms. The lowest BCUT2D eigenvalue weighted by Gasteiger charge is -2.27. The average Bonchev–Trinajstić information content (AvgIpc) is 2.33. The summed E-state index contributed by atoms with van der Waals surface area (Å²) in [7, 11) is -3.26. The van der Waals surface area contributed by atoms with Crippen LogP contribution in [-0.4, -0.2) is 13.2 Å². The van der Waals surface area contributed by atoms with Crippen LogP contribution in [0.1, 0.15) is 41.5 Å². The van der Waals surface area contributed by atoms with Crippen molar-refractivity contribution in [2.24, 2.45) is 10.8 Å². The first-order valence-corrected chi connectivity index (χ1v) is 8.51. The van der Waals surface area contributed by atoms with Crippen LogP contribution < -0.4 is 5.30 Å². The van der Waals surface area contributed by atoms with Gasteiger partial charge in [-0.25, -0.2) is 0 Å². The molecule has 1 aromatic rings. The Kier molecular flexibility index (Phi) is 5.60. The van der Waals surface area contributed by atoms with E-state index < -0.39 is 7.60 Å². The molecule has 0 atom stereocenters. The standard InChI is InChI=1S/C16H27O3P/c1-15(2,3)12-18-20(17,19-13-16(4,5)6)14-10-8-7-9-11-14/h7-11H,12-13H2,1-6H3. The van der Waals surface area contributed by atoms with Crippen molar-refractivity contribution < 1.29 is 13.6 Å². The second kappa shape index (κ2) is 6.43. The molecule has 3 nitrogen and oxygen atoms in total. The van der Waals surface area contributed by atoms with Gasteiger partial charge in [0.25, 0.3) is 0 Å². The van der Waals surface area contributed by atoms with E-state index in [1.54, 1.807) is 12.1 Å². The highest BCUT2D eigenvalue weighted by molar-refractivity contribution is 7.62. The second-order valence-corrected chi connectivity index (χ2v) is 9.53. The van der Waals surface area contributed by atoms with E-state index in [4.69, 9.17) is 9.05 Å². The van der Waals surface area contributed by atoms with Crippen molar-refractivity contribution >= 4 is 12.9 Å². The Morgan fingerprint density at radius 1 is 0.850 bits per heavy atom. The molecule has 20 heavy (non-hydrogen) atoms. The molecule has 114 valence electrons. The molecule has 1 rings (SSSR count). The quantitative estimate of drug-likeness (QED) is 0.743. The summed E-state index contributed by atoms with van der Waals surface area (Å²) in [5.41, 5.74) is -0.120. The van der Waals surface area contributed by atoms with Crippen molar-refractivity contribution in [3.63, 3.8) is 0 Å². The molecule has 0 saturated carbocycles. The van der Waals surface area contributed by atoms with Gasteiger partial charge in [0, 0.05) is 0 Å². The Labute approximate surface area is 123 Å². The molecule has 0 saturated heterocycles. The smallest absolute Gasteiger partial charge is 0.305 e. The zero-order valence-corrected chi connectivity index (χ0v) is 14.4. The van der Waals surface area contributed by atoms with Gasteiger partial charge in [-0.05, 0) is 23.0 Å². The fourth-order valence-electron chi connectivity index (χ4n) is 1.35. The Balaban J connectivity index is 2.92. The third-order valence-corrected chi connectivity index (χ3v) is 4.28. The SMILES string of the molecule is CC(C)(C)COP(=O)(OCC(C)(C)C)c1ccccc1. The monoisotopic (exact) mass is 298 g/mol. The first kappa shape index (κ1) is 17.4. The van der Waals surface area contributed by atoms with Crippen molar-refractivity contribution in [1.82, 2.24) is 0 Å². The van der Waals surface area contributed by atoms with E-state index in [9.17, 15) is 4.57 Å². The molecule has 0 radical (unpaired) electrons. The normalized spacial score (nSPS) is 13.5. The van der Waals surface area contributed by atoms with E-state index in [0.717, 1.165) is 0 Å². The maximum atomic E-state index is 13.1. The highest BCUT2D eigenvalue weighted by Crippen LogP contribution is 2.49. The van der Waals surface area contributed by atoms with Gasteiger partial charge in [-0.2, -0.15) is 0 Å². The van der Waals surface area contributed by atoms with Crippen LogP contribution in [0.4, 0.5) is 0 Å². The first-order valence-electron chi connectivity index (χ1n) is 6.97. The Morgan fingerprint density at radius 3 is 1.60 bits per heavy atom. The Bertz CT molecular complexity index is 433. The molecule has 0 heterocycles. The minimum atomic E-state index is -3.26. The summed E-state index contributed by atoms with van der Waals surface area (Å²) >= 11 is 0. The van der Waals surface area contributed by atoms with Crippen LogP contribution in [0.5, 0.6) is 0 Å². The molecular formula is C16H27O3P. The van der Waals surface area contributed by atoms with E-state index >= 15 is 0 Å². The van der Waals surface area contributed by atoms with E-state index in [2.05, 4.69) is 0 Å². The highest BCUT2D eigenvalue weighted by atomic mass is 31.2. The van der Waals surface area contributed by atoms with Gasteiger partial charge in [-0.1, -0.05) is 59.7 Å². The van der Waals surface area contributed by atoms with Crippen molar-refractivity contribution in [3.8, 4) is 0 Å². The second-order valence-electron chi connectivity index (χ2n) is 7.50. The van der Waals surface area contributed by atoms with Crippen molar-refractivity contribution in [2.75, 3.05) is 13.2 Å². The summed E-state index contributed by atoms with van der Waals surface area (Å²) in [6.07, 6.45) is 0. The minimum Gasteiger partial charge on any atom is -0.305 e. The van der Waals surface area contributed by atoms with Crippen molar-refractivity contribution in [3.05, 3.63) is 30.3 Å². The number of hydrogen-bond acceptors (Lipinski definition) is 3. The van der Waals surface area contributed by atoms with Gasteiger partial charge < -0.3 is 9.05 Å². The number of benzene rings is 1. The van der Waals surface area contributed by atoms with E-state index in [1.165, 1.54) is 0 Å². The molecule has 0 N–H and O–H groups in total. The maximum Gasteiger partial charge on any atom is 0.361 e. The number of rotatable bonds is 5. The lowest BCUT2D eigenvalue weighted by atomic mass is 9.99.